The van der Waals surface area contributed by atoms with Crippen molar-refractivity contribution in [2.45, 2.75) is 32.9 Å². The molecule has 1 fully saturated rings. The lowest BCUT2D eigenvalue weighted by Crippen LogP contribution is -2.49. The van der Waals surface area contributed by atoms with Gasteiger partial charge in [-0.15, -0.1) is 0 Å². The predicted molar refractivity (Wildman–Crippen MR) is 88.7 cm³/mol. The number of ether oxygens (including phenoxy) is 2. The number of piperazine rings is 1. The molecule has 7 heteroatoms. The van der Waals surface area contributed by atoms with Gasteiger partial charge in [0.05, 0.1) is 12.7 Å². The normalized spacial score (nSPS) is 15.9. The molecule has 24 heavy (non-hydrogen) atoms. The maximum atomic E-state index is 12.1. The Hall–Kier alpha value is -2.15. The molecular formula is C17H25N3O4. The van der Waals surface area contributed by atoms with Gasteiger partial charge in [-0.3, -0.25) is 9.88 Å². The van der Waals surface area contributed by atoms with Crippen LogP contribution >= 0.6 is 0 Å². The zero-order chi connectivity index (χ0) is 17.7. The van der Waals surface area contributed by atoms with Gasteiger partial charge in [-0.25, -0.2) is 9.59 Å². The molecule has 0 spiro atoms. The van der Waals surface area contributed by atoms with Crippen molar-refractivity contribution in [2.24, 2.45) is 0 Å². The minimum atomic E-state index is -0.478. The lowest BCUT2D eigenvalue weighted by atomic mass is 10.2. The Kier molecular flexibility index (Phi) is 5.77. The van der Waals surface area contributed by atoms with Crippen LogP contribution in [0.4, 0.5) is 4.79 Å². The van der Waals surface area contributed by atoms with Crippen LogP contribution in [0.1, 0.15) is 36.7 Å². The molecule has 7 nitrogen and oxygen atoms in total. The fourth-order valence-electron chi connectivity index (χ4n) is 2.48. The van der Waals surface area contributed by atoms with Gasteiger partial charge in [0.25, 0.3) is 0 Å². The maximum Gasteiger partial charge on any atom is 0.410 e. The van der Waals surface area contributed by atoms with E-state index in [0.29, 0.717) is 25.2 Å². The van der Waals surface area contributed by atoms with Gasteiger partial charge in [-0.05, 0) is 32.4 Å². The summed E-state index contributed by atoms with van der Waals surface area (Å²) in [5, 5.41) is 0. The Morgan fingerprint density at radius 1 is 1.17 bits per heavy atom. The van der Waals surface area contributed by atoms with Gasteiger partial charge < -0.3 is 14.4 Å². The monoisotopic (exact) mass is 335 g/mol. The molecule has 1 aromatic heterocycles. The van der Waals surface area contributed by atoms with Crippen LogP contribution in [0.3, 0.4) is 0 Å². The van der Waals surface area contributed by atoms with Gasteiger partial charge in [-0.1, -0.05) is 0 Å². The molecule has 1 saturated heterocycles. The van der Waals surface area contributed by atoms with E-state index in [-0.39, 0.29) is 12.1 Å². The van der Waals surface area contributed by atoms with Crippen LogP contribution in [0.2, 0.25) is 0 Å². The summed E-state index contributed by atoms with van der Waals surface area (Å²) in [6, 6.07) is 1.79. The summed E-state index contributed by atoms with van der Waals surface area (Å²) in [4.78, 5) is 31.6. The molecule has 0 bridgehead atoms. The molecule has 1 amide bonds. The zero-order valence-corrected chi connectivity index (χ0v) is 14.7. The first-order valence-corrected chi connectivity index (χ1v) is 8.01. The van der Waals surface area contributed by atoms with Crippen LogP contribution in [0.25, 0.3) is 0 Å². The summed E-state index contributed by atoms with van der Waals surface area (Å²) in [6.07, 6.45) is 2.97. The number of methoxy groups -OCH3 is 1. The van der Waals surface area contributed by atoms with Gasteiger partial charge in [0.2, 0.25) is 0 Å². The third-order valence-corrected chi connectivity index (χ3v) is 3.65. The fraction of sp³-hybridized carbons (Fsp3) is 0.588. The molecule has 0 radical (unpaired) electrons. The van der Waals surface area contributed by atoms with Crippen LogP contribution in [0.15, 0.2) is 18.5 Å². The Bertz CT molecular complexity index is 590. The molecule has 132 valence electrons. The van der Waals surface area contributed by atoms with Crippen LogP contribution in [-0.4, -0.2) is 65.7 Å². The number of amides is 1. The lowest BCUT2D eigenvalue weighted by Gasteiger charge is -2.35. The Balaban J connectivity index is 1.87. The van der Waals surface area contributed by atoms with Gasteiger partial charge >= 0.3 is 12.1 Å². The second-order valence-corrected chi connectivity index (χ2v) is 6.82. The van der Waals surface area contributed by atoms with Crippen molar-refractivity contribution >= 4 is 12.1 Å². The fourth-order valence-corrected chi connectivity index (χ4v) is 2.48. The van der Waals surface area contributed by atoms with Crippen molar-refractivity contribution in [3.05, 3.63) is 29.6 Å². The van der Waals surface area contributed by atoms with Crippen molar-refractivity contribution in [2.75, 3.05) is 33.3 Å². The van der Waals surface area contributed by atoms with E-state index in [9.17, 15) is 9.59 Å². The second-order valence-electron chi connectivity index (χ2n) is 6.82. The number of hydrogen-bond acceptors (Lipinski definition) is 6. The van der Waals surface area contributed by atoms with Gasteiger partial charge in [0, 0.05) is 45.1 Å². The van der Waals surface area contributed by atoms with E-state index in [4.69, 9.17) is 9.47 Å². The molecule has 2 heterocycles. The van der Waals surface area contributed by atoms with E-state index in [2.05, 4.69) is 9.88 Å². The standard InChI is InChI=1S/C17H25N3O4/c1-17(2,3)24-16(22)20-7-5-19(6-8-20)12-13-9-14(11-18-10-13)15(21)23-4/h9-11H,5-8,12H2,1-4H3. The highest BCUT2D eigenvalue weighted by Gasteiger charge is 2.25. The number of carbonyl (C=O) groups is 2. The van der Waals surface area contributed by atoms with E-state index < -0.39 is 5.60 Å². The van der Waals surface area contributed by atoms with Gasteiger partial charge in [0.15, 0.2) is 0 Å². The van der Waals surface area contributed by atoms with Crippen molar-refractivity contribution < 1.29 is 19.1 Å². The number of rotatable bonds is 3. The van der Waals surface area contributed by atoms with E-state index in [1.165, 1.54) is 13.3 Å². The molecule has 0 aromatic carbocycles. The van der Waals surface area contributed by atoms with Crippen LogP contribution in [-0.2, 0) is 16.0 Å². The number of nitrogens with zero attached hydrogens (tertiary/aromatic N) is 3. The molecule has 2 rings (SSSR count). The van der Waals surface area contributed by atoms with Crippen molar-refractivity contribution in [3.8, 4) is 0 Å². The molecule has 1 aromatic rings. The minimum Gasteiger partial charge on any atom is -0.465 e. The third kappa shape index (κ3) is 5.19. The minimum absolute atomic E-state index is 0.267. The van der Waals surface area contributed by atoms with E-state index in [1.54, 1.807) is 17.2 Å². The highest BCUT2D eigenvalue weighted by molar-refractivity contribution is 5.89. The number of pyridine rings is 1. The van der Waals surface area contributed by atoms with E-state index >= 15 is 0 Å². The Morgan fingerprint density at radius 3 is 2.42 bits per heavy atom. The predicted octanol–water partition coefficient (Wildman–Crippen LogP) is 1.92. The van der Waals surface area contributed by atoms with Crippen LogP contribution in [0.5, 0.6) is 0 Å². The highest BCUT2D eigenvalue weighted by atomic mass is 16.6. The molecular weight excluding hydrogens is 310 g/mol. The zero-order valence-electron chi connectivity index (χ0n) is 14.7. The quantitative estimate of drug-likeness (QED) is 0.786. The first kappa shape index (κ1) is 18.2. The highest BCUT2D eigenvalue weighted by Crippen LogP contribution is 2.14. The molecule has 0 unspecified atom stereocenters. The number of hydrogen-bond donors (Lipinski definition) is 0. The first-order valence-electron chi connectivity index (χ1n) is 8.01. The van der Waals surface area contributed by atoms with Gasteiger partial charge in [0.1, 0.15) is 5.60 Å². The Morgan fingerprint density at radius 2 is 1.83 bits per heavy atom. The topological polar surface area (TPSA) is 72.0 Å². The van der Waals surface area contributed by atoms with E-state index in [0.717, 1.165) is 18.7 Å². The van der Waals surface area contributed by atoms with E-state index in [1.807, 2.05) is 20.8 Å². The third-order valence-electron chi connectivity index (χ3n) is 3.65. The Labute approximate surface area is 142 Å². The summed E-state index contributed by atoms with van der Waals surface area (Å²) in [5.74, 6) is -0.390. The smallest absolute Gasteiger partial charge is 0.410 e. The maximum absolute atomic E-state index is 12.1. The number of carbonyl (C=O) groups excluding carboxylic acids is 2. The van der Waals surface area contributed by atoms with Crippen molar-refractivity contribution in [3.63, 3.8) is 0 Å². The van der Waals surface area contributed by atoms with Crippen molar-refractivity contribution in [1.29, 1.82) is 0 Å². The molecule has 1 aliphatic rings. The molecule has 0 atom stereocenters. The first-order chi connectivity index (χ1) is 11.3. The summed E-state index contributed by atoms with van der Waals surface area (Å²) < 4.78 is 10.1. The molecule has 0 N–H and O–H groups in total. The van der Waals surface area contributed by atoms with Gasteiger partial charge in [-0.2, -0.15) is 0 Å². The summed E-state index contributed by atoms with van der Waals surface area (Å²) in [7, 11) is 1.35. The number of esters is 1. The summed E-state index contributed by atoms with van der Waals surface area (Å²) in [5.41, 5.74) is 0.916. The average Bonchev–Trinajstić information content (AvgIpc) is 2.53. The molecule has 0 saturated carbocycles. The van der Waals surface area contributed by atoms with Crippen molar-refractivity contribution in [1.82, 2.24) is 14.8 Å². The van der Waals surface area contributed by atoms with Crippen LogP contribution < -0.4 is 0 Å². The second kappa shape index (κ2) is 7.61. The molecule has 1 aliphatic heterocycles. The number of aromatic nitrogens is 1. The lowest BCUT2D eigenvalue weighted by molar-refractivity contribution is 0.0138. The SMILES string of the molecule is COC(=O)c1cncc(CN2CCN(C(=O)OC(C)(C)C)CC2)c1. The molecule has 0 aliphatic carbocycles. The average molecular weight is 335 g/mol. The summed E-state index contributed by atoms with van der Waals surface area (Å²) in [6.45, 7) is 9.02. The van der Waals surface area contributed by atoms with Crippen LogP contribution in [0, 0.1) is 0 Å². The summed E-state index contributed by atoms with van der Waals surface area (Å²) >= 11 is 0. The largest absolute Gasteiger partial charge is 0.465 e.